The highest BCUT2D eigenvalue weighted by Crippen LogP contribution is 2.19. The summed E-state index contributed by atoms with van der Waals surface area (Å²) < 4.78 is 0. The van der Waals surface area contributed by atoms with Crippen LogP contribution in [0.25, 0.3) is 6.08 Å². The van der Waals surface area contributed by atoms with E-state index in [1.54, 1.807) is 0 Å². The third-order valence-corrected chi connectivity index (χ3v) is 2.04. The number of benzene rings is 1. The predicted octanol–water partition coefficient (Wildman–Crippen LogP) is 3.64. The highest BCUT2D eigenvalue weighted by molar-refractivity contribution is 5.48. The molecule has 1 nitrogen and oxygen atoms in total. The van der Waals surface area contributed by atoms with Crippen molar-refractivity contribution >= 4 is 6.08 Å². The van der Waals surface area contributed by atoms with Gasteiger partial charge in [-0.1, -0.05) is 42.5 Å². The van der Waals surface area contributed by atoms with Gasteiger partial charge in [-0.2, -0.15) is 5.26 Å². The van der Waals surface area contributed by atoms with Crippen molar-refractivity contribution < 1.29 is 0 Å². The fourth-order valence-electron chi connectivity index (χ4n) is 1.10. The topological polar surface area (TPSA) is 23.8 Å². The van der Waals surface area contributed by atoms with Gasteiger partial charge in [0.05, 0.1) is 11.5 Å². The van der Waals surface area contributed by atoms with E-state index >= 15 is 0 Å². The van der Waals surface area contributed by atoms with Crippen molar-refractivity contribution in [2.75, 3.05) is 0 Å². The molecule has 0 aliphatic rings. The van der Waals surface area contributed by atoms with Gasteiger partial charge in [0, 0.05) is 0 Å². The molecule has 1 rings (SSSR count). The van der Waals surface area contributed by atoms with Crippen LogP contribution in [0.1, 0.15) is 25.8 Å². The molecule has 72 valence electrons. The summed E-state index contributed by atoms with van der Waals surface area (Å²) in [6.07, 6.45) is 4.90. The fourth-order valence-corrected chi connectivity index (χ4v) is 1.10. The fraction of sp³-hybridized carbons (Fsp3) is 0.308. The molecule has 0 saturated heterocycles. The molecule has 0 spiro atoms. The summed E-state index contributed by atoms with van der Waals surface area (Å²) in [6, 6.07) is 12.4. The van der Waals surface area contributed by atoms with Crippen LogP contribution in [-0.2, 0) is 0 Å². The van der Waals surface area contributed by atoms with Crippen molar-refractivity contribution in [2.24, 2.45) is 5.41 Å². The Morgan fingerprint density at radius 2 is 1.93 bits per heavy atom. The normalized spacial score (nSPS) is 11.5. The smallest absolute Gasteiger partial charge is 0.0687 e. The quantitative estimate of drug-likeness (QED) is 0.705. The highest BCUT2D eigenvalue weighted by atomic mass is 14.3. The van der Waals surface area contributed by atoms with Gasteiger partial charge >= 0.3 is 0 Å². The second-order valence-electron chi connectivity index (χ2n) is 4.01. The average molecular weight is 185 g/mol. The van der Waals surface area contributed by atoms with Crippen LogP contribution in [-0.4, -0.2) is 0 Å². The molecule has 0 unspecified atom stereocenters. The van der Waals surface area contributed by atoms with Gasteiger partial charge in [-0.05, 0) is 25.8 Å². The molecule has 1 aromatic carbocycles. The molecule has 0 bridgehead atoms. The zero-order valence-corrected chi connectivity index (χ0v) is 8.70. The molecular weight excluding hydrogens is 170 g/mol. The molecule has 0 N–H and O–H groups in total. The number of hydrogen-bond donors (Lipinski definition) is 0. The number of rotatable bonds is 3. The largest absolute Gasteiger partial charge is 0.198 e. The Morgan fingerprint density at radius 1 is 1.29 bits per heavy atom. The Bertz CT molecular complexity index is 341. The van der Waals surface area contributed by atoms with Crippen LogP contribution in [0.5, 0.6) is 0 Å². The van der Waals surface area contributed by atoms with E-state index in [-0.39, 0.29) is 5.41 Å². The first-order chi connectivity index (χ1) is 6.64. The van der Waals surface area contributed by atoms with Crippen LogP contribution in [0.4, 0.5) is 0 Å². The van der Waals surface area contributed by atoms with Crippen LogP contribution in [0.15, 0.2) is 36.4 Å². The Kier molecular flexibility index (Phi) is 3.48. The van der Waals surface area contributed by atoms with E-state index in [1.165, 1.54) is 5.56 Å². The minimum absolute atomic E-state index is 0.259. The molecule has 0 fully saturated rings. The van der Waals surface area contributed by atoms with Crippen LogP contribution >= 0.6 is 0 Å². The standard InChI is InChI=1S/C13H15N/c1-13(2,11-14)10-6-9-12-7-4-3-5-8-12/h3-9H,10H2,1-2H3/b9-6+. The lowest BCUT2D eigenvalue weighted by atomic mass is 9.91. The lowest BCUT2D eigenvalue weighted by molar-refractivity contribution is 0.506. The molecule has 0 aromatic heterocycles. The van der Waals surface area contributed by atoms with Gasteiger partial charge in [0.1, 0.15) is 0 Å². The van der Waals surface area contributed by atoms with Crippen molar-refractivity contribution in [3.8, 4) is 6.07 Å². The van der Waals surface area contributed by atoms with E-state index in [9.17, 15) is 0 Å². The molecular formula is C13H15N. The molecule has 0 aliphatic carbocycles. The van der Waals surface area contributed by atoms with Gasteiger partial charge in [-0.3, -0.25) is 0 Å². The lowest BCUT2D eigenvalue weighted by Crippen LogP contribution is -2.04. The van der Waals surface area contributed by atoms with Crippen molar-refractivity contribution in [3.63, 3.8) is 0 Å². The van der Waals surface area contributed by atoms with Gasteiger partial charge in [-0.15, -0.1) is 0 Å². The summed E-state index contributed by atoms with van der Waals surface area (Å²) in [5.41, 5.74) is 0.923. The van der Waals surface area contributed by atoms with Gasteiger partial charge in [-0.25, -0.2) is 0 Å². The van der Waals surface area contributed by atoms with Crippen molar-refractivity contribution in [2.45, 2.75) is 20.3 Å². The van der Waals surface area contributed by atoms with Gasteiger partial charge in [0.25, 0.3) is 0 Å². The molecule has 0 saturated carbocycles. The Labute approximate surface area is 85.7 Å². The highest BCUT2D eigenvalue weighted by Gasteiger charge is 2.13. The van der Waals surface area contributed by atoms with Crippen LogP contribution < -0.4 is 0 Å². The first kappa shape index (κ1) is 10.5. The summed E-state index contributed by atoms with van der Waals surface area (Å²) >= 11 is 0. The second-order valence-corrected chi connectivity index (χ2v) is 4.01. The van der Waals surface area contributed by atoms with Crippen LogP contribution in [0.3, 0.4) is 0 Å². The first-order valence-electron chi connectivity index (χ1n) is 4.77. The summed E-state index contributed by atoms with van der Waals surface area (Å²) in [7, 11) is 0. The van der Waals surface area contributed by atoms with Gasteiger partial charge in [0.15, 0.2) is 0 Å². The molecule has 14 heavy (non-hydrogen) atoms. The number of nitriles is 1. The molecule has 0 atom stereocenters. The molecule has 1 heteroatoms. The molecule has 0 aliphatic heterocycles. The number of allylic oxidation sites excluding steroid dienone is 1. The Morgan fingerprint density at radius 3 is 2.50 bits per heavy atom. The number of hydrogen-bond acceptors (Lipinski definition) is 1. The zero-order chi connectivity index (χ0) is 10.4. The van der Waals surface area contributed by atoms with Gasteiger partial charge < -0.3 is 0 Å². The Hall–Kier alpha value is -1.55. The zero-order valence-electron chi connectivity index (χ0n) is 8.70. The molecule has 1 aromatic rings. The second kappa shape index (κ2) is 4.62. The maximum absolute atomic E-state index is 8.81. The third kappa shape index (κ3) is 3.45. The van der Waals surface area contributed by atoms with E-state index in [0.29, 0.717) is 0 Å². The maximum Gasteiger partial charge on any atom is 0.0687 e. The van der Waals surface area contributed by atoms with Crippen LogP contribution in [0.2, 0.25) is 0 Å². The van der Waals surface area contributed by atoms with E-state index in [1.807, 2.05) is 32.0 Å². The number of nitrogens with zero attached hydrogens (tertiary/aromatic N) is 1. The van der Waals surface area contributed by atoms with E-state index < -0.39 is 0 Å². The minimum Gasteiger partial charge on any atom is -0.198 e. The van der Waals surface area contributed by atoms with Gasteiger partial charge in [0.2, 0.25) is 0 Å². The summed E-state index contributed by atoms with van der Waals surface area (Å²) in [5.74, 6) is 0. The monoisotopic (exact) mass is 185 g/mol. The summed E-state index contributed by atoms with van der Waals surface area (Å²) in [5, 5.41) is 8.81. The third-order valence-electron chi connectivity index (χ3n) is 2.04. The van der Waals surface area contributed by atoms with Crippen LogP contribution in [0, 0.1) is 16.7 Å². The molecule has 0 radical (unpaired) electrons. The first-order valence-corrected chi connectivity index (χ1v) is 4.77. The molecule has 0 amide bonds. The Balaban J connectivity index is 2.55. The van der Waals surface area contributed by atoms with Crippen molar-refractivity contribution in [3.05, 3.63) is 42.0 Å². The average Bonchev–Trinajstić information content (AvgIpc) is 2.19. The summed E-state index contributed by atoms with van der Waals surface area (Å²) in [6.45, 7) is 3.89. The van der Waals surface area contributed by atoms with Crippen molar-refractivity contribution in [1.82, 2.24) is 0 Å². The lowest BCUT2D eigenvalue weighted by Gasteiger charge is -2.10. The van der Waals surface area contributed by atoms with E-state index in [2.05, 4.69) is 30.4 Å². The molecule has 0 heterocycles. The maximum atomic E-state index is 8.81. The minimum atomic E-state index is -0.259. The predicted molar refractivity (Wildman–Crippen MR) is 59.5 cm³/mol. The van der Waals surface area contributed by atoms with Crippen molar-refractivity contribution in [1.29, 1.82) is 5.26 Å². The van der Waals surface area contributed by atoms with E-state index in [0.717, 1.165) is 6.42 Å². The SMILES string of the molecule is CC(C)(C#N)C/C=C/c1ccccc1. The summed E-state index contributed by atoms with van der Waals surface area (Å²) in [4.78, 5) is 0. The van der Waals surface area contributed by atoms with E-state index in [4.69, 9.17) is 5.26 Å².